The number of likely N-dealkylation sites (N-methyl/N-ethyl adjacent to an activating group) is 1. The SMILES string of the molecule is CN(C)CCNc1nncc2n[nH]nc12. The van der Waals surface area contributed by atoms with Gasteiger partial charge in [-0.2, -0.15) is 20.5 Å². The van der Waals surface area contributed by atoms with Gasteiger partial charge in [0.25, 0.3) is 0 Å². The summed E-state index contributed by atoms with van der Waals surface area (Å²) >= 11 is 0. The third kappa shape index (κ3) is 2.18. The fourth-order valence-corrected chi connectivity index (χ4v) is 1.21. The number of H-pyrrole nitrogens is 1. The van der Waals surface area contributed by atoms with Crippen molar-refractivity contribution in [1.82, 2.24) is 30.5 Å². The highest BCUT2D eigenvalue weighted by molar-refractivity contribution is 5.83. The summed E-state index contributed by atoms with van der Waals surface area (Å²) in [7, 11) is 4.04. The van der Waals surface area contributed by atoms with E-state index in [1.54, 1.807) is 6.20 Å². The lowest BCUT2D eigenvalue weighted by molar-refractivity contribution is 0.425. The van der Waals surface area contributed by atoms with E-state index in [-0.39, 0.29) is 0 Å². The summed E-state index contributed by atoms with van der Waals surface area (Å²) in [6.07, 6.45) is 1.58. The van der Waals surface area contributed by atoms with E-state index in [0.29, 0.717) is 5.82 Å². The van der Waals surface area contributed by atoms with Crippen molar-refractivity contribution in [1.29, 1.82) is 0 Å². The molecule has 2 aromatic heterocycles. The molecule has 2 aromatic rings. The summed E-state index contributed by atoms with van der Waals surface area (Å²) in [5, 5.41) is 21.5. The Bertz CT molecular complexity index is 435. The van der Waals surface area contributed by atoms with E-state index in [1.807, 2.05) is 14.1 Å². The number of nitrogens with zero attached hydrogens (tertiary/aromatic N) is 5. The number of nitrogens with one attached hydrogen (secondary N) is 2. The number of hydrogen-bond donors (Lipinski definition) is 2. The van der Waals surface area contributed by atoms with E-state index in [2.05, 4.69) is 35.8 Å². The Morgan fingerprint density at radius 2 is 2.27 bits per heavy atom. The molecule has 0 unspecified atom stereocenters. The third-order valence-electron chi connectivity index (χ3n) is 1.99. The Hall–Kier alpha value is -1.76. The monoisotopic (exact) mass is 207 g/mol. The predicted octanol–water partition coefficient (Wildman–Crippen LogP) is -0.279. The number of rotatable bonds is 4. The number of aromatic nitrogens is 5. The predicted molar refractivity (Wildman–Crippen MR) is 56.5 cm³/mol. The Balaban J connectivity index is 2.10. The average Bonchev–Trinajstić information content (AvgIpc) is 2.65. The first-order valence-corrected chi connectivity index (χ1v) is 4.68. The van der Waals surface area contributed by atoms with E-state index < -0.39 is 0 Å². The molecule has 15 heavy (non-hydrogen) atoms. The standard InChI is InChI=1S/C8H13N7/c1-15(2)4-3-9-8-7-6(5-10-13-8)11-14-12-7/h5H,3-4H2,1-2H3,(H,9,13)(H,11,12,14). The zero-order valence-corrected chi connectivity index (χ0v) is 8.73. The smallest absolute Gasteiger partial charge is 0.178 e. The zero-order valence-electron chi connectivity index (χ0n) is 8.73. The van der Waals surface area contributed by atoms with Gasteiger partial charge in [-0.05, 0) is 14.1 Å². The second kappa shape index (κ2) is 4.18. The highest BCUT2D eigenvalue weighted by atomic mass is 15.3. The van der Waals surface area contributed by atoms with E-state index >= 15 is 0 Å². The van der Waals surface area contributed by atoms with Crippen LogP contribution in [0, 0.1) is 0 Å². The molecule has 0 amide bonds. The molecule has 0 atom stereocenters. The molecule has 80 valence electrons. The Morgan fingerprint density at radius 1 is 1.40 bits per heavy atom. The van der Waals surface area contributed by atoms with Gasteiger partial charge in [-0.1, -0.05) is 0 Å². The molecule has 2 rings (SSSR count). The second-order valence-electron chi connectivity index (χ2n) is 3.48. The minimum absolute atomic E-state index is 0.670. The minimum atomic E-state index is 0.670. The molecular weight excluding hydrogens is 194 g/mol. The van der Waals surface area contributed by atoms with Crippen molar-refractivity contribution in [3.8, 4) is 0 Å². The molecule has 0 aromatic carbocycles. The van der Waals surface area contributed by atoms with E-state index in [4.69, 9.17) is 0 Å². The van der Waals surface area contributed by atoms with Gasteiger partial charge in [-0.15, -0.1) is 5.10 Å². The van der Waals surface area contributed by atoms with Gasteiger partial charge in [0, 0.05) is 13.1 Å². The largest absolute Gasteiger partial charge is 0.365 e. The number of hydrogen-bond acceptors (Lipinski definition) is 6. The summed E-state index contributed by atoms with van der Waals surface area (Å²) in [4.78, 5) is 2.09. The second-order valence-corrected chi connectivity index (χ2v) is 3.48. The summed E-state index contributed by atoms with van der Waals surface area (Å²) in [6, 6.07) is 0. The van der Waals surface area contributed by atoms with Crippen LogP contribution in [0.3, 0.4) is 0 Å². The van der Waals surface area contributed by atoms with Crippen LogP contribution >= 0.6 is 0 Å². The van der Waals surface area contributed by atoms with E-state index in [0.717, 1.165) is 24.1 Å². The van der Waals surface area contributed by atoms with Crippen molar-refractivity contribution in [2.75, 3.05) is 32.5 Å². The molecule has 2 N–H and O–H groups in total. The van der Waals surface area contributed by atoms with E-state index in [1.165, 1.54) is 0 Å². The molecule has 0 saturated heterocycles. The molecule has 0 bridgehead atoms. The fourth-order valence-electron chi connectivity index (χ4n) is 1.21. The molecule has 0 spiro atoms. The molecule has 7 heteroatoms. The van der Waals surface area contributed by atoms with Crippen molar-refractivity contribution >= 4 is 16.9 Å². The Kier molecular flexibility index (Phi) is 2.72. The molecule has 0 radical (unpaired) electrons. The Morgan fingerprint density at radius 3 is 3.07 bits per heavy atom. The van der Waals surface area contributed by atoms with Gasteiger partial charge >= 0.3 is 0 Å². The molecule has 0 aliphatic rings. The van der Waals surface area contributed by atoms with Gasteiger partial charge < -0.3 is 10.2 Å². The van der Waals surface area contributed by atoms with Gasteiger partial charge in [0.1, 0.15) is 5.52 Å². The highest BCUT2D eigenvalue weighted by Gasteiger charge is 2.05. The van der Waals surface area contributed by atoms with Crippen LogP contribution in [0.15, 0.2) is 6.20 Å². The maximum Gasteiger partial charge on any atom is 0.178 e. The van der Waals surface area contributed by atoms with Gasteiger partial charge in [0.2, 0.25) is 0 Å². The van der Waals surface area contributed by atoms with Gasteiger partial charge in [-0.3, -0.25) is 0 Å². The van der Waals surface area contributed by atoms with Gasteiger partial charge in [-0.25, -0.2) is 0 Å². The molecule has 2 heterocycles. The topological polar surface area (TPSA) is 82.6 Å². The zero-order chi connectivity index (χ0) is 10.7. The number of fused-ring (bicyclic) bond motifs is 1. The molecular formula is C8H13N7. The molecule has 0 aliphatic carbocycles. The van der Waals surface area contributed by atoms with Crippen molar-refractivity contribution < 1.29 is 0 Å². The van der Waals surface area contributed by atoms with Crippen molar-refractivity contribution in [2.24, 2.45) is 0 Å². The first-order chi connectivity index (χ1) is 7.27. The normalized spacial score (nSPS) is 11.1. The van der Waals surface area contributed by atoms with Crippen LogP contribution in [0.1, 0.15) is 0 Å². The van der Waals surface area contributed by atoms with Crippen LogP contribution in [0.5, 0.6) is 0 Å². The van der Waals surface area contributed by atoms with Crippen LogP contribution in [-0.4, -0.2) is 57.7 Å². The summed E-state index contributed by atoms with van der Waals surface area (Å²) in [5.74, 6) is 0.670. The van der Waals surface area contributed by atoms with Crippen LogP contribution in [-0.2, 0) is 0 Å². The third-order valence-corrected chi connectivity index (χ3v) is 1.99. The first-order valence-electron chi connectivity index (χ1n) is 4.68. The quantitative estimate of drug-likeness (QED) is 0.717. The first kappa shape index (κ1) is 9.78. The maximum absolute atomic E-state index is 4.00. The Labute approximate surface area is 86.9 Å². The summed E-state index contributed by atoms with van der Waals surface area (Å²) < 4.78 is 0. The minimum Gasteiger partial charge on any atom is -0.365 e. The fraction of sp³-hybridized carbons (Fsp3) is 0.500. The van der Waals surface area contributed by atoms with Crippen LogP contribution in [0.4, 0.5) is 5.82 Å². The van der Waals surface area contributed by atoms with Gasteiger partial charge in [0.05, 0.1) is 6.20 Å². The highest BCUT2D eigenvalue weighted by Crippen LogP contribution is 2.13. The van der Waals surface area contributed by atoms with E-state index in [9.17, 15) is 0 Å². The maximum atomic E-state index is 4.00. The molecule has 0 aliphatic heterocycles. The lowest BCUT2D eigenvalue weighted by Gasteiger charge is -2.10. The van der Waals surface area contributed by atoms with Crippen LogP contribution in [0.25, 0.3) is 11.0 Å². The van der Waals surface area contributed by atoms with Gasteiger partial charge in [0.15, 0.2) is 11.3 Å². The van der Waals surface area contributed by atoms with Crippen molar-refractivity contribution in [3.63, 3.8) is 0 Å². The van der Waals surface area contributed by atoms with Crippen molar-refractivity contribution in [2.45, 2.75) is 0 Å². The number of aromatic amines is 1. The lowest BCUT2D eigenvalue weighted by atomic mass is 10.4. The van der Waals surface area contributed by atoms with Crippen molar-refractivity contribution in [3.05, 3.63) is 6.20 Å². The molecule has 0 fully saturated rings. The summed E-state index contributed by atoms with van der Waals surface area (Å²) in [6.45, 7) is 1.73. The number of anilines is 1. The van der Waals surface area contributed by atoms with Crippen LogP contribution < -0.4 is 5.32 Å². The van der Waals surface area contributed by atoms with Crippen LogP contribution in [0.2, 0.25) is 0 Å². The summed E-state index contributed by atoms with van der Waals surface area (Å²) in [5.41, 5.74) is 1.45. The molecule has 0 saturated carbocycles. The average molecular weight is 207 g/mol. The molecule has 7 nitrogen and oxygen atoms in total. The lowest BCUT2D eigenvalue weighted by Crippen LogP contribution is -2.21.